The molecule has 2 unspecified atom stereocenters. The van der Waals surface area contributed by atoms with Crippen LogP contribution in [-0.2, 0) is 4.79 Å². The lowest BCUT2D eigenvalue weighted by atomic mass is 9.93. The summed E-state index contributed by atoms with van der Waals surface area (Å²) in [5.74, 6) is 0.885. The molecule has 2 aliphatic heterocycles. The molecule has 0 aromatic rings. The van der Waals surface area contributed by atoms with E-state index in [0.29, 0.717) is 12.3 Å². The topological polar surface area (TPSA) is 43.8 Å². The van der Waals surface area contributed by atoms with E-state index in [2.05, 4.69) is 16.7 Å². The van der Waals surface area contributed by atoms with Crippen LogP contribution < -0.4 is 0 Å². The Morgan fingerprint density at radius 3 is 2.55 bits per heavy atom. The van der Waals surface area contributed by atoms with E-state index < -0.39 is 5.97 Å². The first-order valence-electron chi connectivity index (χ1n) is 8.29. The van der Waals surface area contributed by atoms with Crippen LogP contribution in [0.25, 0.3) is 0 Å². The van der Waals surface area contributed by atoms with Gasteiger partial charge in [-0.15, -0.1) is 0 Å². The van der Waals surface area contributed by atoms with Crippen LogP contribution in [0.2, 0.25) is 0 Å². The van der Waals surface area contributed by atoms with Crippen molar-refractivity contribution in [1.82, 2.24) is 9.80 Å². The van der Waals surface area contributed by atoms with Crippen molar-refractivity contribution < 1.29 is 9.90 Å². The number of aliphatic carboxylic acids is 1. The monoisotopic (exact) mass is 282 g/mol. The van der Waals surface area contributed by atoms with E-state index in [4.69, 9.17) is 0 Å². The molecule has 4 nitrogen and oxygen atoms in total. The summed E-state index contributed by atoms with van der Waals surface area (Å²) in [4.78, 5) is 16.1. The van der Waals surface area contributed by atoms with Crippen molar-refractivity contribution >= 4 is 5.97 Å². The Labute approximate surface area is 123 Å². The minimum Gasteiger partial charge on any atom is -0.480 e. The van der Waals surface area contributed by atoms with Crippen molar-refractivity contribution in [2.75, 3.05) is 32.7 Å². The summed E-state index contributed by atoms with van der Waals surface area (Å²) in [5, 5.41) is 9.31. The number of carboxylic acid groups (broad SMARTS) is 1. The molecule has 2 aliphatic rings. The van der Waals surface area contributed by atoms with Crippen LogP contribution in [0, 0.1) is 11.8 Å². The molecule has 2 saturated heterocycles. The normalized spacial score (nSPS) is 28.4. The van der Waals surface area contributed by atoms with Gasteiger partial charge in [0.2, 0.25) is 0 Å². The standard InChI is InChI=1S/C16H30N2O2/c1-3-15(16(19)20)18-8-4-5-14(12-18)11-17-9-6-13(2)7-10-17/h13-15H,3-12H2,1-2H3,(H,19,20). The molecule has 2 fully saturated rings. The highest BCUT2D eigenvalue weighted by atomic mass is 16.4. The zero-order valence-corrected chi connectivity index (χ0v) is 13.1. The highest BCUT2D eigenvalue weighted by molar-refractivity contribution is 5.73. The average molecular weight is 282 g/mol. The SMILES string of the molecule is CCC(C(=O)O)N1CCCC(CN2CCC(C)CC2)C1. The molecule has 2 rings (SSSR count). The molecule has 0 spiro atoms. The second-order valence-electron chi connectivity index (χ2n) is 6.75. The van der Waals surface area contributed by atoms with Gasteiger partial charge >= 0.3 is 5.97 Å². The molecule has 0 bridgehead atoms. The summed E-state index contributed by atoms with van der Waals surface area (Å²) in [6.07, 6.45) is 5.77. The Bertz CT molecular complexity index is 314. The number of likely N-dealkylation sites (tertiary alicyclic amines) is 2. The van der Waals surface area contributed by atoms with Crippen molar-refractivity contribution in [3.63, 3.8) is 0 Å². The molecule has 1 N–H and O–H groups in total. The molecule has 2 heterocycles. The Kier molecular flexibility index (Phi) is 5.85. The molecular weight excluding hydrogens is 252 g/mol. The van der Waals surface area contributed by atoms with Crippen LogP contribution in [0.5, 0.6) is 0 Å². The number of carbonyl (C=O) groups is 1. The smallest absolute Gasteiger partial charge is 0.320 e. The van der Waals surface area contributed by atoms with Gasteiger partial charge in [0.05, 0.1) is 0 Å². The lowest BCUT2D eigenvalue weighted by molar-refractivity contribution is -0.144. The van der Waals surface area contributed by atoms with Crippen molar-refractivity contribution in [2.45, 2.75) is 52.0 Å². The highest BCUT2D eigenvalue weighted by Crippen LogP contribution is 2.23. The third-order valence-electron chi connectivity index (χ3n) is 5.06. The van der Waals surface area contributed by atoms with Crippen molar-refractivity contribution in [1.29, 1.82) is 0 Å². The first kappa shape index (κ1) is 15.8. The number of hydrogen-bond acceptors (Lipinski definition) is 3. The predicted octanol–water partition coefficient (Wildman–Crippen LogP) is 2.29. The fraction of sp³-hybridized carbons (Fsp3) is 0.938. The minimum atomic E-state index is -0.653. The van der Waals surface area contributed by atoms with Crippen LogP contribution in [-0.4, -0.2) is 59.6 Å². The summed E-state index contributed by atoms with van der Waals surface area (Å²) < 4.78 is 0. The van der Waals surface area contributed by atoms with Crippen molar-refractivity contribution in [2.24, 2.45) is 11.8 Å². The van der Waals surface area contributed by atoms with Gasteiger partial charge in [0.15, 0.2) is 0 Å². The van der Waals surface area contributed by atoms with E-state index in [1.807, 2.05) is 6.92 Å². The molecule has 0 aliphatic carbocycles. The van der Waals surface area contributed by atoms with Crippen LogP contribution >= 0.6 is 0 Å². The van der Waals surface area contributed by atoms with Gasteiger partial charge in [0.25, 0.3) is 0 Å². The van der Waals surface area contributed by atoms with Gasteiger partial charge in [-0.3, -0.25) is 9.69 Å². The van der Waals surface area contributed by atoms with Crippen molar-refractivity contribution in [3.05, 3.63) is 0 Å². The second kappa shape index (κ2) is 7.41. The summed E-state index contributed by atoms with van der Waals surface area (Å²) in [6, 6.07) is -0.279. The number of piperidine rings is 2. The second-order valence-corrected chi connectivity index (χ2v) is 6.75. The molecular formula is C16H30N2O2. The van der Waals surface area contributed by atoms with Crippen LogP contribution in [0.3, 0.4) is 0 Å². The van der Waals surface area contributed by atoms with Crippen LogP contribution in [0.1, 0.15) is 46.0 Å². The van der Waals surface area contributed by atoms with E-state index in [0.717, 1.165) is 25.4 Å². The first-order chi connectivity index (χ1) is 9.60. The predicted molar refractivity (Wildman–Crippen MR) is 80.8 cm³/mol. The highest BCUT2D eigenvalue weighted by Gasteiger charge is 2.30. The van der Waals surface area contributed by atoms with Crippen LogP contribution in [0.4, 0.5) is 0 Å². The Morgan fingerprint density at radius 2 is 1.95 bits per heavy atom. The number of carboxylic acids is 1. The van der Waals surface area contributed by atoms with Gasteiger partial charge in [-0.2, -0.15) is 0 Å². The van der Waals surface area contributed by atoms with Gasteiger partial charge in [0, 0.05) is 13.1 Å². The molecule has 0 radical (unpaired) electrons. The molecule has 20 heavy (non-hydrogen) atoms. The summed E-state index contributed by atoms with van der Waals surface area (Å²) in [7, 11) is 0. The summed E-state index contributed by atoms with van der Waals surface area (Å²) >= 11 is 0. The molecule has 0 saturated carbocycles. The largest absolute Gasteiger partial charge is 0.480 e. The first-order valence-corrected chi connectivity index (χ1v) is 8.29. The van der Waals surface area contributed by atoms with E-state index >= 15 is 0 Å². The van der Waals surface area contributed by atoms with Crippen molar-refractivity contribution in [3.8, 4) is 0 Å². The molecule has 4 heteroatoms. The molecule has 116 valence electrons. The van der Waals surface area contributed by atoms with E-state index in [1.54, 1.807) is 0 Å². The molecule has 2 atom stereocenters. The fourth-order valence-electron chi connectivity index (χ4n) is 3.73. The van der Waals surface area contributed by atoms with Gasteiger partial charge in [-0.25, -0.2) is 0 Å². The Morgan fingerprint density at radius 1 is 1.25 bits per heavy atom. The molecule has 0 amide bonds. The zero-order chi connectivity index (χ0) is 14.5. The third-order valence-corrected chi connectivity index (χ3v) is 5.06. The quantitative estimate of drug-likeness (QED) is 0.840. The number of rotatable bonds is 5. The Balaban J connectivity index is 1.82. The zero-order valence-electron chi connectivity index (χ0n) is 13.1. The maximum Gasteiger partial charge on any atom is 0.320 e. The summed E-state index contributed by atoms with van der Waals surface area (Å²) in [5.41, 5.74) is 0. The maximum absolute atomic E-state index is 11.3. The lowest BCUT2D eigenvalue weighted by Crippen LogP contribution is -2.49. The van der Waals surface area contributed by atoms with Crippen LogP contribution in [0.15, 0.2) is 0 Å². The van der Waals surface area contributed by atoms with Gasteiger partial charge < -0.3 is 10.0 Å². The summed E-state index contributed by atoms with van der Waals surface area (Å²) in [6.45, 7) is 9.88. The van der Waals surface area contributed by atoms with Gasteiger partial charge in [0.1, 0.15) is 6.04 Å². The maximum atomic E-state index is 11.3. The van der Waals surface area contributed by atoms with Gasteiger partial charge in [-0.05, 0) is 63.6 Å². The lowest BCUT2D eigenvalue weighted by Gasteiger charge is -2.39. The molecule has 0 aromatic heterocycles. The van der Waals surface area contributed by atoms with E-state index in [-0.39, 0.29) is 6.04 Å². The minimum absolute atomic E-state index is 0.279. The fourth-order valence-corrected chi connectivity index (χ4v) is 3.73. The average Bonchev–Trinajstić information content (AvgIpc) is 2.42. The van der Waals surface area contributed by atoms with E-state index in [1.165, 1.54) is 38.9 Å². The molecule has 0 aromatic carbocycles. The van der Waals surface area contributed by atoms with Gasteiger partial charge in [-0.1, -0.05) is 13.8 Å². The van der Waals surface area contributed by atoms with E-state index in [9.17, 15) is 9.90 Å². The number of nitrogens with zero attached hydrogens (tertiary/aromatic N) is 2. The Hall–Kier alpha value is -0.610. The number of hydrogen-bond donors (Lipinski definition) is 1. The third kappa shape index (κ3) is 4.19.